The summed E-state index contributed by atoms with van der Waals surface area (Å²) in [5.74, 6) is 0.932. The molecule has 26 heavy (non-hydrogen) atoms. The molecule has 0 aliphatic heterocycles. The number of benzene rings is 1. The van der Waals surface area contributed by atoms with Crippen LogP contribution in [0, 0.1) is 5.82 Å². The van der Waals surface area contributed by atoms with E-state index in [0.717, 1.165) is 31.2 Å². The van der Waals surface area contributed by atoms with Crippen LogP contribution in [0.5, 0.6) is 5.75 Å². The minimum atomic E-state index is -0.308. The van der Waals surface area contributed by atoms with Gasteiger partial charge in [-0.25, -0.2) is 9.38 Å². The molecule has 7 heteroatoms. The minimum absolute atomic E-state index is 0. The zero-order valence-electron chi connectivity index (χ0n) is 15.1. The van der Waals surface area contributed by atoms with Gasteiger partial charge in [0.1, 0.15) is 17.7 Å². The lowest BCUT2D eigenvalue weighted by atomic mass is 10.3. The summed E-state index contributed by atoms with van der Waals surface area (Å²) in [6.07, 6.45) is 2.45. The van der Waals surface area contributed by atoms with Gasteiger partial charge in [-0.1, -0.05) is 12.1 Å². The Hall–Kier alpha value is -1.90. The molecule has 0 bridgehead atoms. The van der Waals surface area contributed by atoms with Gasteiger partial charge >= 0.3 is 0 Å². The summed E-state index contributed by atoms with van der Waals surface area (Å²) in [6.45, 7) is 5.90. The van der Waals surface area contributed by atoms with Crippen LogP contribution in [0.3, 0.4) is 0 Å². The number of nitrogens with one attached hydrogen (secondary N) is 2. The highest BCUT2D eigenvalue weighted by Gasteiger charge is 2.05. The van der Waals surface area contributed by atoms with Crippen LogP contribution in [0.15, 0.2) is 53.7 Å². The second-order valence-electron chi connectivity index (χ2n) is 5.60. The summed E-state index contributed by atoms with van der Waals surface area (Å²) in [4.78, 5) is 8.82. The lowest BCUT2D eigenvalue weighted by Crippen LogP contribution is -2.39. The Morgan fingerprint density at radius 2 is 2.08 bits per heavy atom. The maximum Gasteiger partial charge on any atom is 0.191 e. The summed E-state index contributed by atoms with van der Waals surface area (Å²) >= 11 is 0. The third-order valence-corrected chi connectivity index (χ3v) is 3.38. The smallest absolute Gasteiger partial charge is 0.191 e. The number of guanidine groups is 1. The van der Waals surface area contributed by atoms with Crippen molar-refractivity contribution < 1.29 is 9.13 Å². The van der Waals surface area contributed by atoms with Crippen molar-refractivity contribution in [3.8, 4) is 5.75 Å². The standard InChI is InChI=1S/C19H25FN4O.HI/c1-3-21-19(23-12-10-17-8-4-5-11-22-17)24-14-15(2)25-18-9-6-7-16(20)13-18;/h4-9,11,13,15H,3,10,12,14H2,1-2H3,(H2,21,23,24);1H. The Kier molecular flexibility index (Phi) is 10.6. The van der Waals surface area contributed by atoms with E-state index in [0.29, 0.717) is 12.3 Å². The molecule has 0 fully saturated rings. The van der Waals surface area contributed by atoms with E-state index in [2.05, 4.69) is 20.6 Å². The molecule has 2 N–H and O–H groups in total. The van der Waals surface area contributed by atoms with Crippen LogP contribution in [0.25, 0.3) is 0 Å². The number of hydrogen-bond donors (Lipinski definition) is 2. The molecule has 2 aromatic rings. The zero-order valence-corrected chi connectivity index (χ0v) is 17.4. The topological polar surface area (TPSA) is 58.5 Å². The Morgan fingerprint density at radius 1 is 1.23 bits per heavy atom. The molecule has 2 rings (SSSR count). The molecule has 0 aliphatic rings. The Bertz CT molecular complexity index is 670. The van der Waals surface area contributed by atoms with Gasteiger partial charge in [-0.3, -0.25) is 4.98 Å². The fourth-order valence-electron chi connectivity index (χ4n) is 2.23. The van der Waals surface area contributed by atoms with E-state index in [-0.39, 0.29) is 35.9 Å². The molecule has 0 amide bonds. The van der Waals surface area contributed by atoms with E-state index >= 15 is 0 Å². The van der Waals surface area contributed by atoms with E-state index < -0.39 is 0 Å². The fraction of sp³-hybridized carbons (Fsp3) is 0.368. The Balaban J connectivity index is 0.00000338. The second kappa shape index (κ2) is 12.5. The van der Waals surface area contributed by atoms with Gasteiger partial charge in [-0.2, -0.15) is 0 Å². The van der Waals surface area contributed by atoms with Crippen LogP contribution in [-0.2, 0) is 6.42 Å². The summed E-state index contributed by atoms with van der Waals surface area (Å²) < 4.78 is 18.9. The maximum absolute atomic E-state index is 13.2. The number of nitrogens with zero attached hydrogens (tertiary/aromatic N) is 2. The molecule has 1 aromatic carbocycles. The van der Waals surface area contributed by atoms with Crippen LogP contribution < -0.4 is 15.4 Å². The largest absolute Gasteiger partial charge is 0.489 e. The van der Waals surface area contributed by atoms with Crippen molar-refractivity contribution in [2.24, 2.45) is 4.99 Å². The normalized spacial score (nSPS) is 12.0. The van der Waals surface area contributed by atoms with Crippen LogP contribution in [0.2, 0.25) is 0 Å². The quantitative estimate of drug-likeness (QED) is 0.352. The number of pyridine rings is 1. The van der Waals surface area contributed by atoms with Crippen molar-refractivity contribution in [2.45, 2.75) is 26.4 Å². The van der Waals surface area contributed by atoms with Gasteiger partial charge in [0, 0.05) is 37.5 Å². The predicted molar refractivity (Wildman–Crippen MR) is 114 cm³/mol. The van der Waals surface area contributed by atoms with Crippen molar-refractivity contribution in [2.75, 3.05) is 19.6 Å². The first-order valence-electron chi connectivity index (χ1n) is 8.51. The third kappa shape index (κ3) is 8.46. The zero-order chi connectivity index (χ0) is 17.9. The highest BCUT2D eigenvalue weighted by Crippen LogP contribution is 2.13. The monoisotopic (exact) mass is 472 g/mol. The average molecular weight is 472 g/mol. The summed E-state index contributed by atoms with van der Waals surface area (Å²) in [5, 5.41) is 6.48. The third-order valence-electron chi connectivity index (χ3n) is 3.38. The maximum atomic E-state index is 13.2. The van der Waals surface area contributed by atoms with E-state index in [9.17, 15) is 4.39 Å². The van der Waals surface area contributed by atoms with Crippen molar-refractivity contribution in [3.05, 3.63) is 60.2 Å². The van der Waals surface area contributed by atoms with E-state index in [1.54, 1.807) is 18.3 Å². The van der Waals surface area contributed by atoms with E-state index in [1.165, 1.54) is 12.1 Å². The fourth-order valence-corrected chi connectivity index (χ4v) is 2.23. The minimum Gasteiger partial charge on any atom is -0.489 e. The molecule has 1 atom stereocenters. The number of hydrogen-bond acceptors (Lipinski definition) is 3. The van der Waals surface area contributed by atoms with Crippen LogP contribution in [-0.4, -0.2) is 36.7 Å². The highest BCUT2D eigenvalue weighted by atomic mass is 127. The van der Waals surface area contributed by atoms with Gasteiger partial charge in [0.15, 0.2) is 5.96 Å². The van der Waals surface area contributed by atoms with Crippen molar-refractivity contribution in [3.63, 3.8) is 0 Å². The predicted octanol–water partition coefficient (Wildman–Crippen LogP) is 3.40. The number of aliphatic imine (C=N–C) groups is 1. The number of rotatable bonds is 8. The van der Waals surface area contributed by atoms with Crippen LogP contribution in [0.1, 0.15) is 19.5 Å². The molecule has 1 unspecified atom stereocenters. The van der Waals surface area contributed by atoms with E-state index in [1.807, 2.05) is 32.0 Å². The van der Waals surface area contributed by atoms with Gasteiger partial charge in [-0.15, -0.1) is 24.0 Å². The average Bonchev–Trinajstić information content (AvgIpc) is 2.60. The number of aromatic nitrogens is 1. The summed E-state index contributed by atoms with van der Waals surface area (Å²) in [6, 6.07) is 12.0. The lowest BCUT2D eigenvalue weighted by Gasteiger charge is -2.15. The first-order valence-corrected chi connectivity index (χ1v) is 8.51. The molecular formula is C19H26FIN4O. The summed E-state index contributed by atoms with van der Waals surface area (Å²) in [5.41, 5.74) is 1.04. The van der Waals surface area contributed by atoms with Crippen molar-refractivity contribution >= 4 is 29.9 Å². The molecular weight excluding hydrogens is 446 g/mol. The molecule has 0 saturated heterocycles. The first kappa shape index (κ1) is 22.1. The van der Waals surface area contributed by atoms with Gasteiger partial charge < -0.3 is 15.4 Å². The van der Waals surface area contributed by atoms with Gasteiger partial charge in [0.2, 0.25) is 0 Å². The molecule has 142 valence electrons. The van der Waals surface area contributed by atoms with Crippen molar-refractivity contribution in [1.82, 2.24) is 15.6 Å². The second-order valence-corrected chi connectivity index (χ2v) is 5.60. The molecule has 0 radical (unpaired) electrons. The molecule has 1 heterocycles. The molecule has 0 spiro atoms. The lowest BCUT2D eigenvalue weighted by molar-refractivity contribution is 0.229. The molecule has 0 saturated carbocycles. The highest BCUT2D eigenvalue weighted by molar-refractivity contribution is 14.0. The SMILES string of the molecule is CCNC(=NCC(C)Oc1cccc(F)c1)NCCc1ccccn1.I. The number of halogens is 2. The molecule has 1 aromatic heterocycles. The Labute approximate surface area is 171 Å². The van der Waals surface area contributed by atoms with Crippen LogP contribution in [0.4, 0.5) is 4.39 Å². The molecule has 5 nitrogen and oxygen atoms in total. The summed E-state index contributed by atoms with van der Waals surface area (Å²) in [7, 11) is 0. The van der Waals surface area contributed by atoms with Gasteiger partial charge in [0.05, 0.1) is 6.54 Å². The van der Waals surface area contributed by atoms with Gasteiger partial charge in [0.25, 0.3) is 0 Å². The van der Waals surface area contributed by atoms with E-state index in [4.69, 9.17) is 4.74 Å². The van der Waals surface area contributed by atoms with Gasteiger partial charge in [-0.05, 0) is 38.1 Å². The first-order chi connectivity index (χ1) is 12.2. The molecule has 0 aliphatic carbocycles. The Morgan fingerprint density at radius 3 is 2.77 bits per heavy atom. The van der Waals surface area contributed by atoms with Crippen LogP contribution >= 0.6 is 24.0 Å². The number of ether oxygens (including phenoxy) is 1. The van der Waals surface area contributed by atoms with Crippen molar-refractivity contribution in [1.29, 1.82) is 0 Å².